The fourth-order valence-corrected chi connectivity index (χ4v) is 0.919. The molecule has 0 heterocycles. The van der Waals surface area contributed by atoms with Gasteiger partial charge in [0.1, 0.15) is 0 Å². The third-order valence-electron chi connectivity index (χ3n) is 1.74. The first-order valence-corrected chi connectivity index (χ1v) is 4.05. The summed E-state index contributed by atoms with van der Waals surface area (Å²) in [6.45, 7) is 9.51. The van der Waals surface area contributed by atoms with E-state index in [0.717, 1.165) is 12.0 Å². The summed E-state index contributed by atoms with van der Waals surface area (Å²) in [6, 6.07) is 0. The molecule has 0 saturated carbocycles. The van der Waals surface area contributed by atoms with Crippen molar-refractivity contribution in [2.75, 3.05) is 0 Å². The van der Waals surface area contributed by atoms with Crippen LogP contribution in [0.1, 0.15) is 27.2 Å². The summed E-state index contributed by atoms with van der Waals surface area (Å²) in [4.78, 5) is 0. The molecule has 0 aliphatic heterocycles. The molecular formula is C10H18O. The molecule has 0 rings (SSSR count). The third kappa shape index (κ3) is 4.79. The Morgan fingerprint density at radius 2 is 2.09 bits per heavy atom. The van der Waals surface area contributed by atoms with Crippen LogP contribution in [-0.2, 0) is 0 Å². The summed E-state index contributed by atoms with van der Waals surface area (Å²) in [7, 11) is 0. The SMILES string of the molecule is C=CCC(C)C=C(C)C(C)O. The van der Waals surface area contributed by atoms with Crippen LogP contribution in [0, 0.1) is 5.92 Å². The van der Waals surface area contributed by atoms with E-state index in [-0.39, 0.29) is 6.10 Å². The average molecular weight is 154 g/mol. The first-order valence-electron chi connectivity index (χ1n) is 4.05. The zero-order valence-corrected chi connectivity index (χ0v) is 7.67. The molecule has 0 aromatic rings. The minimum Gasteiger partial charge on any atom is -0.389 e. The highest BCUT2D eigenvalue weighted by molar-refractivity contribution is 5.05. The molecule has 0 saturated heterocycles. The first-order chi connectivity index (χ1) is 5.07. The van der Waals surface area contributed by atoms with E-state index in [4.69, 9.17) is 5.11 Å². The van der Waals surface area contributed by atoms with Crippen molar-refractivity contribution >= 4 is 0 Å². The van der Waals surface area contributed by atoms with Crippen molar-refractivity contribution in [1.82, 2.24) is 0 Å². The summed E-state index contributed by atoms with van der Waals surface area (Å²) in [5.74, 6) is 0.488. The van der Waals surface area contributed by atoms with Gasteiger partial charge in [-0.25, -0.2) is 0 Å². The smallest absolute Gasteiger partial charge is 0.0719 e. The van der Waals surface area contributed by atoms with Gasteiger partial charge in [-0.1, -0.05) is 19.1 Å². The number of allylic oxidation sites excluding steroid dienone is 2. The second-order valence-electron chi connectivity index (χ2n) is 3.09. The topological polar surface area (TPSA) is 20.2 Å². The standard InChI is InChI=1S/C10H18O/c1-5-6-8(2)7-9(3)10(4)11/h5,7-8,10-11H,1,6H2,2-4H3. The molecule has 64 valence electrons. The van der Waals surface area contributed by atoms with Crippen molar-refractivity contribution in [3.05, 3.63) is 24.3 Å². The molecule has 0 aliphatic carbocycles. The number of rotatable bonds is 4. The summed E-state index contributed by atoms with van der Waals surface area (Å²) in [6.07, 6.45) is 4.65. The van der Waals surface area contributed by atoms with Crippen molar-refractivity contribution < 1.29 is 5.11 Å². The summed E-state index contributed by atoms with van der Waals surface area (Å²) in [5, 5.41) is 9.14. The van der Waals surface area contributed by atoms with Gasteiger partial charge >= 0.3 is 0 Å². The van der Waals surface area contributed by atoms with Gasteiger partial charge in [0.05, 0.1) is 6.10 Å². The largest absolute Gasteiger partial charge is 0.389 e. The van der Waals surface area contributed by atoms with Gasteiger partial charge in [-0.05, 0) is 31.8 Å². The van der Waals surface area contributed by atoms with Gasteiger partial charge in [-0.2, -0.15) is 0 Å². The van der Waals surface area contributed by atoms with Gasteiger partial charge in [0.25, 0.3) is 0 Å². The van der Waals surface area contributed by atoms with E-state index in [1.165, 1.54) is 0 Å². The van der Waals surface area contributed by atoms with Gasteiger partial charge in [0.15, 0.2) is 0 Å². The Bertz CT molecular complexity index is 145. The van der Waals surface area contributed by atoms with E-state index in [1.807, 2.05) is 13.0 Å². The number of hydrogen-bond acceptors (Lipinski definition) is 1. The molecule has 1 heteroatoms. The highest BCUT2D eigenvalue weighted by Gasteiger charge is 2.00. The fourth-order valence-electron chi connectivity index (χ4n) is 0.919. The predicted molar refractivity (Wildman–Crippen MR) is 49.4 cm³/mol. The molecule has 1 nitrogen and oxygen atoms in total. The lowest BCUT2D eigenvalue weighted by Gasteiger charge is -2.07. The van der Waals surface area contributed by atoms with Crippen LogP contribution >= 0.6 is 0 Å². The van der Waals surface area contributed by atoms with Crippen molar-refractivity contribution in [3.63, 3.8) is 0 Å². The molecule has 0 radical (unpaired) electrons. The maximum absolute atomic E-state index is 9.14. The van der Waals surface area contributed by atoms with Gasteiger partial charge in [0, 0.05) is 0 Å². The Kier molecular flexibility index (Phi) is 4.88. The Hall–Kier alpha value is -0.560. The Morgan fingerprint density at radius 3 is 2.45 bits per heavy atom. The van der Waals surface area contributed by atoms with Crippen molar-refractivity contribution in [3.8, 4) is 0 Å². The highest BCUT2D eigenvalue weighted by atomic mass is 16.3. The summed E-state index contributed by atoms with van der Waals surface area (Å²) < 4.78 is 0. The van der Waals surface area contributed by atoms with E-state index in [2.05, 4.69) is 19.6 Å². The van der Waals surface area contributed by atoms with Crippen LogP contribution < -0.4 is 0 Å². The van der Waals surface area contributed by atoms with Gasteiger partial charge in [-0.15, -0.1) is 6.58 Å². The summed E-state index contributed by atoms with van der Waals surface area (Å²) >= 11 is 0. The van der Waals surface area contributed by atoms with E-state index in [0.29, 0.717) is 5.92 Å². The fraction of sp³-hybridized carbons (Fsp3) is 0.600. The second kappa shape index (κ2) is 5.14. The Balaban J connectivity index is 3.95. The molecule has 1 N–H and O–H groups in total. The maximum Gasteiger partial charge on any atom is 0.0719 e. The minimum absolute atomic E-state index is 0.317. The molecule has 11 heavy (non-hydrogen) atoms. The van der Waals surface area contributed by atoms with Gasteiger partial charge < -0.3 is 5.11 Å². The zero-order chi connectivity index (χ0) is 8.85. The van der Waals surface area contributed by atoms with Gasteiger partial charge in [0.2, 0.25) is 0 Å². The molecule has 0 bridgehead atoms. The van der Waals surface area contributed by atoms with E-state index < -0.39 is 0 Å². The maximum atomic E-state index is 9.14. The predicted octanol–water partition coefficient (Wildman–Crippen LogP) is 2.53. The molecule has 0 aromatic heterocycles. The van der Waals surface area contributed by atoms with Crippen LogP contribution in [-0.4, -0.2) is 11.2 Å². The molecular weight excluding hydrogens is 136 g/mol. The first kappa shape index (κ1) is 10.4. The van der Waals surface area contributed by atoms with E-state index in [9.17, 15) is 0 Å². The normalized spacial score (nSPS) is 17.6. The van der Waals surface area contributed by atoms with Gasteiger partial charge in [-0.3, -0.25) is 0 Å². The lowest BCUT2D eigenvalue weighted by atomic mass is 10.0. The van der Waals surface area contributed by atoms with Crippen molar-refractivity contribution in [1.29, 1.82) is 0 Å². The molecule has 0 aromatic carbocycles. The number of aliphatic hydroxyl groups excluding tert-OH is 1. The third-order valence-corrected chi connectivity index (χ3v) is 1.74. The average Bonchev–Trinajstić information content (AvgIpc) is 1.87. The van der Waals surface area contributed by atoms with Crippen molar-refractivity contribution in [2.24, 2.45) is 5.92 Å². The van der Waals surface area contributed by atoms with Crippen molar-refractivity contribution in [2.45, 2.75) is 33.3 Å². The van der Waals surface area contributed by atoms with E-state index >= 15 is 0 Å². The lowest BCUT2D eigenvalue weighted by molar-refractivity contribution is 0.230. The number of aliphatic hydroxyl groups is 1. The van der Waals surface area contributed by atoms with Crippen LogP contribution in [0.5, 0.6) is 0 Å². The molecule has 0 fully saturated rings. The van der Waals surface area contributed by atoms with Crippen LogP contribution in [0.25, 0.3) is 0 Å². The Morgan fingerprint density at radius 1 is 1.55 bits per heavy atom. The van der Waals surface area contributed by atoms with Crippen LogP contribution in [0.2, 0.25) is 0 Å². The molecule has 0 amide bonds. The molecule has 2 unspecified atom stereocenters. The quantitative estimate of drug-likeness (QED) is 0.617. The lowest BCUT2D eigenvalue weighted by Crippen LogP contribution is -2.02. The van der Waals surface area contributed by atoms with E-state index in [1.54, 1.807) is 6.92 Å². The molecule has 0 aliphatic rings. The number of hydrogen-bond donors (Lipinski definition) is 1. The van der Waals surface area contributed by atoms with Crippen LogP contribution in [0.3, 0.4) is 0 Å². The van der Waals surface area contributed by atoms with Crippen LogP contribution in [0.15, 0.2) is 24.3 Å². The molecule has 2 atom stereocenters. The minimum atomic E-state index is -0.317. The Labute approximate surface area is 69.4 Å². The monoisotopic (exact) mass is 154 g/mol. The molecule has 0 spiro atoms. The second-order valence-corrected chi connectivity index (χ2v) is 3.09. The van der Waals surface area contributed by atoms with Crippen LogP contribution in [0.4, 0.5) is 0 Å². The highest BCUT2D eigenvalue weighted by Crippen LogP contribution is 2.09. The zero-order valence-electron chi connectivity index (χ0n) is 7.67. The summed E-state index contributed by atoms with van der Waals surface area (Å²) in [5.41, 5.74) is 1.04.